The number of β-amino-alcohol motifs (C(OH)–C–C–N with tert-alkyl or cyclic N) is 2. The first-order valence-electron chi connectivity index (χ1n) is 6.24. The van der Waals surface area contributed by atoms with Crippen molar-refractivity contribution >= 4 is 0 Å². The molecule has 16 heavy (non-hydrogen) atoms. The van der Waals surface area contributed by atoms with Crippen LogP contribution in [0.1, 0.15) is 27.7 Å². The molecule has 0 spiro atoms. The Morgan fingerprint density at radius 3 is 1.50 bits per heavy atom. The first-order valence-corrected chi connectivity index (χ1v) is 6.24. The summed E-state index contributed by atoms with van der Waals surface area (Å²) in [5.41, 5.74) is 0. The van der Waals surface area contributed by atoms with E-state index >= 15 is 0 Å². The summed E-state index contributed by atoms with van der Waals surface area (Å²) in [5, 5.41) is 18.8. The first-order chi connectivity index (χ1) is 7.40. The van der Waals surface area contributed by atoms with Gasteiger partial charge in [0.25, 0.3) is 0 Å². The van der Waals surface area contributed by atoms with Crippen molar-refractivity contribution in [2.75, 3.05) is 26.2 Å². The van der Waals surface area contributed by atoms with E-state index in [1.54, 1.807) is 0 Å². The largest absolute Gasteiger partial charge is 0.392 e. The average Bonchev–Trinajstić information content (AvgIpc) is 2.11. The molecule has 3 unspecified atom stereocenters. The summed E-state index contributed by atoms with van der Waals surface area (Å²) in [5.74, 6) is 0. The van der Waals surface area contributed by atoms with Crippen molar-refractivity contribution in [1.29, 1.82) is 0 Å². The van der Waals surface area contributed by atoms with E-state index in [1.807, 2.05) is 13.8 Å². The Labute approximate surface area is 98.9 Å². The van der Waals surface area contributed by atoms with Crippen LogP contribution in [0.4, 0.5) is 0 Å². The van der Waals surface area contributed by atoms with Gasteiger partial charge in [-0.25, -0.2) is 0 Å². The number of hydrogen-bond donors (Lipinski definition) is 2. The van der Waals surface area contributed by atoms with Crippen molar-refractivity contribution in [2.45, 2.75) is 52.0 Å². The van der Waals surface area contributed by atoms with Crippen molar-refractivity contribution in [3.8, 4) is 0 Å². The third-order valence-corrected chi connectivity index (χ3v) is 3.24. The van der Waals surface area contributed by atoms with Crippen LogP contribution in [0.5, 0.6) is 0 Å². The summed E-state index contributed by atoms with van der Waals surface area (Å²) >= 11 is 0. The maximum absolute atomic E-state index is 9.42. The highest BCUT2D eigenvalue weighted by Crippen LogP contribution is 2.15. The highest BCUT2D eigenvalue weighted by atomic mass is 16.3. The minimum absolute atomic E-state index is 0.266. The first kappa shape index (κ1) is 13.9. The third-order valence-electron chi connectivity index (χ3n) is 3.24. The quantitative estimate of drug-likeness (QED) is 0.721. The van der Waals surface area contributed by atoms with E-state index in [-0.39, 0.29) is 12.2 Å². The molecule has 1 aliphatic rings. The smallest absolute Gasteiger partial charge is 0.0639 e. The summed E-state index contributed by atoms with van der Waals surface area (Å²) in [6, 6.07) is 0.897. The van der Waals surface area contributed by atoms with E-state index in [4.69, 9.17) is 0 Å². The summed E-state index contributed by atoms with van der Waals surface area (Å²) in [7, 11) is 0. The van der Waals surface area contributed by atoms with Crippen LogP contribution in [0.25, 0.3) is 0 Å². The van der Waals surface area contributed by atoms with Gasteiger partial charge in [-0.1, -0.05) is 0 Å². The molecule has 0 aliphatic carbocycles. The van der Waals surface area contributed by atoms with Gasteiger partial charge in [0.15, 0.2) is 0 Å². The lowest BCUT2D eigenvalue weighted by molar-refractivity contribution is -0.00115. The van der Waals surface area contributed by atoms with Gasteiger partial charge in [0.2, 0.25) is 0 Å². The molecule has 0 aromatic carbocycles. The molecule has 96 valence electrons. The van der Waals surface area contributed by atoms with Gasteiger partial charge in [-0.2, -0.15) is 0 Å². The lowest BCUT2D eigenvalue weighted by Gasteiger charge is -2.45. The minimum atomic E-state index is -0.266. The molecule has 1 saturated heterocycles. The van der Waals surface area contributed by atoms with E-state index < -0.39 is 0 Å². The molecule has 4 nitrogen and oxygen atoms in total. The third kappa shape index (κ3) is 4.01. The number of aliphatic hydroxyl groups is 2. The Morgan fingerprint density at radius 2 is 1.25 bits per heavy atom. The normalized spacial score (nSPS) is 32.6. The molecule has 0 bridgehead atoms. The Bertz CT molecular complexity index is 187. The van der Waals surface area contributed by atoms with Gasteiger partial charge < -0.3 is 10.2 Å². The Hall–Kier alpha value is -0.160. The number of rotatable bonds is 4. The molecule has 0 aromatic heterocycles. The maximum atomic E-state index is 9.42. The van der Waals surface area contributed by atoms with Crippen molar-refractivity contribution in [1.82, 2.24) is 9.80 Å². The molecule has 0 aromatic rings. The molecule has 1 heterocycles. The standard InChI is InChI=1S/C12H26N2O2/c1-9-5-14(8-12(4)16)10(2)6-13(9)7-11(3)15/h9-12,15-16H,5-8H2,1-4H3/t9-,10?,11?,12?/m1/s1. The van der Waals surface area contributed by atoms with Crippen molar-refractivity contribution < 1.29 is 10.2 Å². The molecule has 0 saturated carbocycles. The lowest BCUT2D eigenvalue weighted by Crippen LogP contribution is -2.58. The Balaban J connectivity index is 2.49. The Kier molecular flexibility index (Phi) is 5.18. The second kappa shape index (κ2) is 5.96. The molecule has 1 rings (SSSR count). The van der Waals surface area contributed by atoms with Crippen molar-refractivity contribution in [3.05, 3.63) is 0 Å². The van der Waals surface area contributed by atoms with Gasteiger partial charge >= 0.3 is 0 Å². The fraction of sp³-hybridized carbons (Fsp3) is 1.00. The molecular formula is C12H26N2O2. The zero-order chi connectivity index (χ0) is 12.3. The van der Waals surface area contributed by atoms with Crippen LogP contribution in [-0.4, -0.2) is 70.5 Å². The zero-order valence-corrected chi connectivity index (χ0v) is 10.9. The summed E-state index contributed by atoms with van der Waals surface area (Å²) in [6.45, 7) is 11.5. The zero-order valence-electron chi connectivity index (χ0n) is 10.9. The van der Waals surface area contributed by atoms with Crippen molar-refractivity contribution in [3.63, 3.8) is 0 Å². The summed E-state index contributed by atoms with van der Waals surface area (Å²) < 4.78 is 0. The SMILES string of the molecule is CC(O)CN1C[C@@H](C)N(CC(C)O)CC1C. The molecule has 0 amide bonds. The van der Waals surface area contributed by atoms with Crippen LogP contribution in [0.15, 0.2) is 0 Å². The fourth-order valence-corrected chi connectivity index (χ4v) is 2.46. The highest BCUT2D eigenvalue weighted by molar-refractivity contribution is 4.85. The van der Waals surface area contributed by atoms with Gasteiger partial charge in [0.05, 0.1) is 12.2 Å². The molecule has 4 heteroatoms. The monoisotopic (exact) mass is 230 g/mol. The molecule has 0 radical (unpaired) electrons. The van der Waals surface area contributed by atoms with Gasteiger partial charge in [-0.15, -0.1) is 0 Å². The molecule has 1 aliphatic heterocycles. The van der Waals surface area contributed by atoms with Gasteiger partial charge in [0.1, 0.15) is 0 Å². The maximum Gasteiger partial charge on any atom is 0.0639 e. The molecule has 1 fully saturated rings. The number of nitrogens with zero attached hydrogens (tertiary/aromatic N) is 2. The minimum Gasteiger partial charge on any atom is -0.392 e. The topological polar surface area (TPSA) is 46.9 Å². The van der Waals surface area contributed by atoms with Crippen LogP contribution in [-0.2, 0) is 0 Å². The van der Waals surface area contributed by atoms with E-state index in [0.717, 1.165) is 26.2 Å². The molecule has 4 atom stereocenters. The van der Waals surface area contributed by atoms with Crippen molar-refractivity contribution in [2.24, 2.45) is 0 Å². The Morgan fingerprint density at radius 1 is 0.938 bits per heavy atom. The number of aliphatic hydroxyl groups excluding tert-OH is 2. The van der Waals surface area contributed by atoms with E-state index in [2.05, 4.69) is 23.6 Å². The van der Waals surface area contributed by atoms with E-state index in [0.29, 0.717) is 12.1 Å². The van der Waals surface area contributed by atoms with Crippen LogP contribution in [0, 0.1) is 0 Å². The van der Waals surface area contributed by atoms with E-state index in [9.17, 15) is 10.2 Å². The number of piperazine rings is 1. The predicted molar refractivity (Wildman–Crippen MR) is 65.4 cm³/mol. The average molecular weight is 230 g/mol. The summed E-state index contributed by atoms with van der Waals surface area (Å²) in [6.07, 6.45) is -0.532. The van der Waals surface area contributed by atoms with Gasteiger partial charge in [-0.05, 0) is 27.7 Å². The second-order valence-electron chi connectivity index (χ2n) is 5.30. The molecular weight excluding hydrogens is 204 g/mol. The fourth-order valence-electron chi connectivity index (χ4n) is 2.46. The predicted octanol–water partition coefficient (Wildman–Crippen LogP) is 0.143. The summed E-state index contributed by atoms with van der Waals surface area (Å²) in [4.78, 5) is 4.65. The molecule has 2 N–H and O–H groups in total. The lowest BCUT2D eigenvalue weighted by atomic mass is 10.1. The van der Waals surface area contributed by atoms with E-state index in [1.165, 1.54) is 0 Å². The van der Waals surface area contributed by atoms with Gasteiger partial charge in [-0.3, -0.25) is 9.80 Å². The van der Waals surface area contributed by atoms with Gasteiger partial charge in [0, 0.05) is 38.3 Å². The highest BCUT2D eigenvalue weighted by Gasteiger charge is 2.29. The second-order valence-corrected chi connectivity index (χ2v) is 5.30. The van der Waals surface area contributed by atoms with Crippen LogP contribution in [0.2, 0.25) is 0 Å². The van der Waals surface area contributed by atoms with Crippen LogP contribution in [0.3, 0.4) is 0 Å². The number of hydrogen-bond acceptors (Lipinski definition) is 4. The van der Waals surface area contributed by atoms with Crippen LogP contribution < -0.4 is 0 Å². The van der Waals surface area contributed by atoms with Crippen LogP contribution >= 0.6 is 0 Å².